The van der Waals surface area contributed by atoms with Gasteiger partial charge in [0.05, 0.1) is 12.2 Å². The second-order valence-corrected chi connectivity index (χ2v) is 10.7. The third-order valence-electron chi connectivity index (χ3n) is 7.48. The van der Waals surface area contributed by atoms with Crippen molar-refractivity contribution < 1.29 is 9.84 Å². The molecule has 1 fully saturated rings. The fourth-order valence-corrected chi connectivity index (χ4v) is 5.21. The van der Waals surface area contributed by atoms with Gasteiger partial charge in [-0.2, -0.15) is 0 Å². The highest BCUT2D eigenvalue weighted by molar-refractivity contribution is 4.62. The molecule has 0 aromatic carbocycles. The fourth-order valence-electron chi connectivity index (χ4n) is 5.21. The lowest BCUT2D eigenvalue weighted by Crippen LogP contribution is -2.14. The highest BCUT2D eigenvalue weighted by atomic mass is 16.5. The number of ether oxygens (including phenoxy) is 1. The van der Waals surface area contributed by atoms with E-state index in [0.29, 0.717) is 6.10 Å². The summed E-state index contributed by atoms with van der Waals surface area (Å²) in [4.78, 5) is 0. The van der Waals surface area contributed by atoms with E-state index in [-0.39, 0.29) is 6.10 Å². The molecule has 1 aliphatic rings. The van der Waals surface area contributed by atoms with Crippen molar-refractivity contribution in [2.24, 2.45) is 0 Å². The van der Waals surface area contributed by atoms with Gasteiger partial charge >= 0.3 is 0 Å². The molecule has 0 saturated heterocycles. The van der Waals surface area contributed by atoms with E-state index in [4.69, 9.17) is 4.74 Å². The summed E-state index contributed by atoms with van der Waals surface area (Å²) in [5.41, 5.74) is 0. The summed E-state index contributed by atoms with van der Waals surface area (Å²) in [6.07, 6.45) is 34.9. The van der Waals surface area contributed by atoms with Gasteiger partial charge in [-0.05, 0) is 32.1 Å². The van der Waals surface area contributed by atoms with Crippen molar-refractivity contribution in [3.8, 4) is 0 Å². The molecular formula is C30H60O2. The van der Waals surface area contributed by atoms with E-state index in [9.17, 15) is 5.11 Å². The monoisotopic (exact) mass is 452 g/mol. The van der Waals surface area contributed by atoms with Crippen LogP contribution >= 0.6 is 0 Å². The smallest absolute Gasteiger partial charge is 0.0575 e. The molecule has 0 atom stereocenters. The van der Waals surface area contributed by atoms with Gasteiger partial charge in [0.2, 0.25) is 0 Å². The molecule has 0 aromatic heterocycles. The second kappa shape index (κ2) is 24.1. The van der Waals surface area contributed by atoms with Gasteiger partial charge in [-0.25, -0.2) is 0 Å². The van der Waals surface area contributed by atoms with Crippen LogP contribution in [0.15, 0.2) is 0 Å². The molecule has 1 rings (SSSR count). The lowest BCUT2D eigenvalue weighted by molar-refractivity contribution is 0.0357. The topological polar surface area (TPSA) is 29.5 Å². The Morgan fingerprint density at radius 1 is 0.500 bits per heavy atom. The fraction of sp³-hybridized carbons (Fsp3) is 1.00. The Bertz CT molecular complexity index is 337. The number of hydrogen-bond donors (Lipinski definition) is 1. The maximum Gasteiger partial charge on any atom is 0.0575 e. The zero-order chi connectivity index (χ0) is 23.0. The zero-order valence-corrected chi connectivity index (χ0v) is 22.1. The Labute approximate surface area is 202 Å². The molecule has 0 aromatic rings. The summed E-state index contributed by atoms with van der Waals surface area (Å²) in [6, 6.07) is 0. The van der Waals surface area contributed by atoms with Crippen molar-refractivity contribution in [2.75, 3.05) is 6.61 Å². The minimum absolute atomic E-state index is 0.0395. The average molecular weight is 453 g/mol. The molecule has 0 spiro atoms. The third-order valence-corrected chi connectivity index (χ3v) is 7.48. The quantitative estimate of drug-likeness (QED) is 0.298. The van der Waals surface area contributed by atoms with Crippen molar-refractivity contribution in [3.63, 3.8) is 0 Å². The molecule has 2 nitrogen and oxygen atoms in total. The number of rotatable bonds is 12. The first-order valence-electron chi connectivity index (χ1n) is 15.1. The summed E-state index contributed by atoms with van der Waals surface area (Å²) in [5, 5.41) is 10.1. The van der Waals surface area contributed by atoms with E-state index in [1.165, 1.54) is 154 Å². The van der Waals surface area contributed by atoms with E-state index >= 15 is 0 Å². The Balaban J connectivity index is 2.11. The molecule has 0 heterocycles. The zero-order valence-electron chi connectivity index (χ0n) is 22.1. The van der Waals surface area contributed by atoms with Gasteiger partial charge in [-0.15, -0.1) is 0 Å². The summed E-state index contributed by atoms with van der Waals surface area (Å²) in [6.45, 7) is 3.29. The first-order chi connectivity index (χ1) is 15.8. The highest BCUT2D eigenvalue weighted by Gasteiger charge is 2.10. The van der Waals surface area contributed by atoms with E-state index in [0.717, 1.165) is 19.4 Å². The van der Waals surface area contributed by atoms with Crippen LogP contribution in [0.3, 0.4) is 0 Å². The summed E-state index contributed by atoms with van der Waals surface area (Å²) in [7, 11) is 0. The molecule has 0 amide bonds. The predicted molar refractivity (Wildman–Crippen MR) is 141 cm³/mol. The summed E-state index contributed by atoms with van der Waals surface area (Å²) >= 11 is 0. The largest absolute Gasteiger partial charge is 0.393 e. The number of aliphatic hydroxyl groups is 1. The lowest BCUT2D eigenvalue weighted by Gasteiger charge is -2.18. The minimum atomic E-state index is -0.0395. The van der Waals surface area contributed by atoms with Crippen LogP contribution < -0.4 is 0 Å². The van der Waals surface area contributed by atoms with Gasteiger partial charge in [0.15, 0.2) is 0 Å². The van der Waals surface area contributed by atoms with E-state index in [2.05, 4.69) is 6.92 Å². The molecule has 1 saturated carbocycles. The van der Waals surface area contributed by atoms with Crippen LogP contribution in [0.1, 0.15) is 174 Å². The van der Waals surface area contributed by atoms with Crippen LogP contribution in [0.2, 0.25) is 0 Å². The van der Waals surface area contributed by atoms with Gasteiger partial charge < -0.3 is 9.84 Å². The number of unbranched alkanes of at least 4 members (excludes halogenated alkanes) is 9. The molecule has 1 N–H and O–H groups in total. The van der Waals surface area contributed by atoms with Crippen LogP contribution in [0.5, 0.6) is 0 Å². The molecule has 0 aliphatic heterocycles. The first kappa shape index (κ1) is 30.0. The molecule has 1 aliphatic carbocycles. The maximum absolute atomic E-state index is 10.1. The summed E-state index contributed by atoms with van der Waals surface area (Å²) < 4.78 is 6.38. The van der Waals surface area contributed by atoms with Crippen LogP contribution in [0, 0.1) is 0 Å². The second-order valence-electron chi connectivity index (χ2n) is 10.7. The Morgan fingerprint density at radius 2 is 0.875 bits per heavy atom. The van der Waals surface area contributed by atoms with Crippen molar-refractivity contribution in [3.05, 3.63) is 0 Å². The Kier molecular flexibility index (Phi) is 22.5. The Hall–Kier alpha value is -0.0800. The van der Waals surface area contributed by atoms with Crippen LogP contribution in [0.4, 0.5) is 0 Å². The minimum Gasteiger partial charge on any atom is -0.393 e. The van der Waals surface area contributed by atoms with Crippen LogP contribution in [-0.4, -0.2) is 23.9 Å². The first-order valence-corrected chi connectivity index (χ1v) is 15.1. The molecule has 2 heteroatoms. The highest BCUT2D eigenvalue weighted by Crippen LogP contribution is 2.19. The molecule has 32 heavy (non-hydrogen) atoms. The van der Waals surface area contributed by atoms with E-state index < -0.39 is 0 Å². The van der Waals surface area contributed by atoms with Crippen molar-refractivity contribution in [1.29, 1.82) is 0 Å². The molecule has 192 valence electrons. The molecule has 0 bridgehead atoms. The van der Waals surface area contributed by atoms with Gasteiger partial charge in [-0.1, -0.05) is 142 Å². The molecule has 0 unspecified atom stereocenters. The lowest BCUT2D eigenvalue weighted by atomic mass is 9.99. The van der Waals surface area contributed by atoms with Crippen LogP contribution in [0.25, 0.3) is 0 Å². The maximum atomic E-state index is 10.1. The summed E-state index contributed by atoms with van der Waals surface area (Å²) in [5.74, 6) is 0. The SMILES string of the molecule is CCCCCCCCCCCCOC1CCCCCCCCC(O)CCCCCCCC1. The molecular weight excluding hydrogens is 392 g/mol. The van der Waals surface area contributed by atoms with Gasteiger partial charge in [-0.3, -0.25) is 0 Å². The number of hydrogen-bond acceptors (Lipinski definition) is 2. The van der Waals surface area contributed by atoms with E-state index in [1.807, 2.05) is 0 Å². The Morgan fingerprint density at radius 3 is 1.34 bits per heavy atom. The van der Waals surface area contributed by atoms with Crippen molar-refractivity contribution in [1.82, 2.24) is 0 Å². The van der Waals surface area contributed by atoms with Gasteiger partial charge in [0, 0.05) is 6.61 Å². The van der Waals surface area contributed by atoms with Crippen molar-refractivity contribution in [2.45, 2.75) is 186 Å². The van der Waals surface area contributed by atoms with Gasteiger partial charge in [0.1, 0.15) is 0 Å². The normalized spacial score (nSPS) is 23.4. The standard InChI is InChI=1S/C30H60O2/c1-2-3-4-5-6-7-8-13-18-23-28-32-30-26-21-16-11-9-14-19-24-29(31)25-20-15-10-12-17-22-27-30/h29-31H,2-28H2,1H3. The van der Waals surface area contributed by atoms with Gasteiger partial charge in [0.25, 0.3) is 0 Å². The third kappa shape index (κ3) is 20.5. The number of aliphatic hydroxyl groups excluding tert-OH is 1. The average Bonchev–Trinajstić information content (AvgIpc) is 2.79. The van der Waals surface area contributed by atoms with Crippen molar-refractivity contribution >= 4 is 0 Å². The molecule has 0 radical (unpaired) electrons. The van der Waals surface area contributed by atoms with Crippen LogP contribution in [-0.2, 0) is 4.74 Å². The van der Waals surface area contributed by atoms with E-state index in [1.54, 1.807) is 0 Å². The predicted octanol–water partition coefficient (Wildman–Crippen LogP) is 9.91.